The molecule has 2 N–H and O–H groups in total. The van der Waals surface area contributed by atoms with Crippen LogP contribution in [0.1, 0.15) is 58.8 Å². The summed E-state index contributed by atoms with van der Waals surface area (Å²) in [7, 11) is 0. The van der Waals surface area contributed by atoms with Crippen LogP contribution < -0.4 is 5.73 Å². The fourth-order valence-electron chi connectivity index (χ4n) is 2.61. The molecule has 2 nitrogen and oxygen atoms in total. The molecule has 0 saturated heterocycles. The largest absolute Gasteiger partial charge is 0.328 e. The Morgan fingerprint density at radius 1 is 1.39 bits per heavy atom. The van der Waals surface area contributed by atoms with Crippen molar-refractivity contribution in [3.8, 4) is 0 Å². The minimum Gasteiger partial charge on any atom is -0.328 e. The summed E-state index contributed by atoms with van der Waals surface area (Å²) in [6, 6.07) is 0.167. The van der Waals surface area contributed by atoms with Crippen LogP contribution in [0.5, 0.6) is 0 Å². The number of hydrogen-bond donors (Lipinski definition) is 1. The van der Waals surface area contributed by atoms with Crippen LogP contribution in [0.15, 0.2) is 0 Å². The summed E-state index contributed by atoms with van der Waals surface area (Å²) in [5.41, 5.74) is 5.65. The molecule has 1 saturated carbocycles. The van der Waals surface area contributed by atoms with Crippen LogP contribution in [0, 0.1) is 11.8 Å². The normalized spacial score (nSPS) is 25.9. The molecular formula is C14H25F2NO. The minimum atomic E-state index is -2.54. The summed E-state index contributed by atoms with van der Waals surface area (Å²) in [5.74, 6) is -2.52. The van der Waals surface area contributed by atoms with E-state index in [9.17, 15) is 13.6 Å². The highest BCUT2D eigenvalue weighted by atomic mass is 19.3. The fraction of sp³-hybridized carbons (Fsp3) is 0.929. The van der Waals surface area contributed by atoms with Crippen LogP contribution in [0.2, 0.25) is 0 Å². The highest BCUT2D eigenvalue weighted by Gasteiger charge is 2.40. The lowest BCUT2D eigenvalue weighted by Crippen LogP contribution is -2.18. The Morgan fingerprint density at radius 3 is 2.56 bits per heavy atom. The van der Waals surface area contributed by atoms with Gasteiger partial charge in [0, 0.05) is 31.2 Å². The molecule has 0 spiro atoms. The monoisotopic (exact) mass is 261 g/mol. The van der Waals surface area contributed by atoms with Crippen molar-refractivity contribution in [1.82, 2.24) is 0 Å². The van der Waals surface area contributed by atoms with E-state index in [4.69, 9.17) is 5.73 Å². The van der Waals surface area contributed by atoms with E-state index in [-0.39, 0.29) is 36.5 Å². The number of rotatable bonds is 7. The molecule has 1 rings (SSSR count). The van der Waals surface area contributed by atoms with Crippen LogP contribution in [0.4, 0.5) is 8.78 Å². The van der Waals surface area contributed by atoms with Crippen LogP contribution in [0.3, 0.4) is 0 Å². The molecule has 1 aliphatic carbocycles. The molecule has 3 unspecified atom stereocenters. The molecule has 0 aromatic heterocycles. The molecule has 0 aromatic rings. The summed E-state index contributed by atoms with van der Waals surface area (Å²) in [6.07, 6.45) is 3.34. The van der Waals surface area contributed by atoms with E-state index in [1.807, 2.05) is 13.8 Å². The molecule has 1 aliphatic rings. The van der Waals surface area contributed by atoms with Gasteiger partial charge in [0.1, 0.15) is 5.78 Å². The van der Waals surface area contributed by atoms with Gasteiger partial charge in [0.25, 0.3) is 0 Å². The van der Waals surface area contributed by atoms with Crippen LogP contribution >= 0.6 is 0 Å². The number of Topliss-reactive ketones (excluding diaryl/α,β-unsaturated/α-hetero) is 1. The Kier molecular flexibility index (Phi) is 5.70. The van der Waals surface area contributed by atoms with Crippen molar-refractivity contribution in [2.45, 2.75) is 70.8 Å². The van der Waals surface area contributed by atoms with Gasteiger partial charge in [-0.25, -0.2) is 8.78 Å². The van der Waals surface area contributed by atoms with Gasteiger partial charge in [0.05, 0.1) is 0 Å². The Hall–Kier alpha value is -0.510. The zero-order valence-corrected chi connectivity index (χ0v) is 11.4. The van der Waals surface area contributed by atoms with Crippen LogP contribution in [0.25, 0.3) is 0 Å². The van der Waals surface area contributed by atoms with E-state index in [2.05, 4.69) is 0 Å². The summed E-state index contributed by atoms with van der Waals surface area (Å²) < 4.78 is 26.0. The molecule has 0 aromatic carbocycles. The Bertz CT molecular complexity index is 279. The predicted octanol–water partition coefficient (Wildman–Crippen LogP) is 3.53. The first-order valence-corrected chi connectivity index (χ1v) is 6.96. The Labute approximate surface area is 108 Å². The van der Waals surface area contributed by atoms with E-state index in [0.29, 0.717) is 12.8 Å². The first kappa shape index (κ1) is 15.5. The van der Waals surface area contributed by atoms with Gasteiger partial charge in [-0.1, -0.05) is 13.3 Å². The summed E-state index contributed by atoms with van der Waals surface area (Å²) in [4.78, 5) is 11.9. The van der Waals surface area contributed by atoms with Crippen LogP contribution in [-0.2, 0) is 4.79 Å². The highest BCUT2D eigenvalue weighted by molar-refractivity contribution is 5.80. The third-order valence-electron chi connectivity index (χ3n) is 3.84. The maximum Gasteiger partial charge on any atom is 0.248 e. The van der Waals surface area contributed by atoms with Gasteiger partial charge in [-0.05, 0) is 32.1 Å². The van der Waals surface area contributed by atoms with Crippen molar-refractivity contribution < 1.29 is 13.6 Å². The summed E-state index contributed by atoms with van der Waals surface area (Å²) in [5, 5.41) is 0. The fourth-order valence-corrected chi connectivity index (χ4v) is 2.61. The van der Waals surface area contributed by atoms with Crippen molar-refractivity contribution in [1.29, 1.82) is 0 Å². The van der Waals surface area contributed by atoms with E-state index in [1.165, 1.54) is 0 Å². The number of alkyl halides is 2. The summed E-state index contributed by atoms with van der Waals surface area (Å²) in [6.45, 7) is 3.85. The molecule has 3 atom stereocenters. The van der Waals surface area contributed by atoms with Crippen molar-refractivity contribution in [3.05, 3.63) is 0 Å². The third-order valence-corrected chi connectivity index (χ3v) is 3.84. The number of carbonyl (C=O) groups excluding carboxylic acids is 1. The molecule has 0 amide bonds. The van der Waals surface area contributed by atoms with Crippen molar-refractivity contribution in [2.75, 3.05) is 0 Å². The zero-order chi connectivity index (χ0) is 13.8. The molecule has 4 heteroatoms. The van der Waals surface area contributed by atoms with Gasteiger partial charge in [-0.15, -0.1) is 0 Å². The van der Waals surface area contributed by atoms with Gasteiger partial charge >= 0.3 is 0 Å². The molecule has 106 valence electrons. The molecule has 1 fully saturated rings. The number of nitrogens with two attached hydrogens (primary N) is 1. The topological polar surface area (TPSA) is 43.1 Å². The molecule has 0 heterocycles. The standard InChI is InChI=1S/C14H25F2NO/c1-10(4-3-5-11(2)17)13(18)8-12-6-7-14(15,16)9-12/h10-12H,3-9,17H2,1-2H3. The molecular weight excluding hydrogens is 236 g/mol. The van der Waals surface area contributed by atoms with Gasteiger partial charge in [0.2, 0.25) is 5.92 Å². The lowest BCUT2D eigenvalue weighted by molar-refractivity contribution is -0.123. The van der Waals surface area contributed by atoms with E-state index < -0.39 is 5.92 Å². The first-order valence-electron chi connectivity index (χ1n) is 6.96. The van der Waals surface area contributed by atoms with E-state index in [1.54, 1.807) is 0 Å². The molecule has 18 heavy (non-hydrogen) atoms. The maximum absolute atomic E-state index is 13.0. The Morgan fingerprint density at radius 2 is 2.06 bits per heavy atom. The number of halogens is 2. The maximum atomic E-state index is 13.0. The SMILES string of the molecule is CC(N)CCCC(C)C(=O)CC1CCC(F)(F)C1. The molecule has 0 aliphatic heterocycles. The van der Waals surface area contributed by atoms with Crippen molar-refractivity contribution in [3.63, 3.8) is 0 Å². The molecule has 0 bridgehead atoms. The third kappa shape index (κ3) is 5.42. The smallest absolute Gasteiger partial charge is 0.248 e. The van der Waals surface area contributed by atoms with Crippen molar-refractivity contribution >= 4 is 5.78 Å². The average molecular weight is 261 g/mol. The van der Waals surface area contributed by atoms with Gasteiger partial charge < -0.3 is 5.73 Å². The quantitative estimate of drug-likeness (QED) is 0.761. The first-order chi connectivity index (χ1) is 8.30. The van der Waals surface area contributed by atoms with E-state index >= 15 is 0 Å². The lowest BCUT2D eigenvalue weighted by atomic mass is 9.91. The predicted molar refractivity (Wildman–Crippen MR) is 68.6 cm³/mol. The zero-order valence-electron chi connectivity index (χ0n) is 11.4. The number of hydrogen-bond acceptors (Lipinski definition) is 2. The highest BCUT2D eigenvalue weighted by Crippen LogP contribution is 2.40. The van der Waals surface area contributed by atoms with Crippen LogP contribution in [-0.4, -0.2) is 17.7 Å². The average Bonchev–Trinajstić information content (AvgIpc) is 2.57. The number of carbonyl (C=O) groups is 1. The van der Waals surface area contributed by atoms with E-state index in [0.717, 1.165) is 19.3 Å². The Balaban J connectivity index is 2.24. The second kappa shape index (κ2) is 6.60. The second-order valence-electron chi connectivity index (χ2n) is 5.94. The molecule has 0 radical (unpaired) electrons. The lowest BCUT2D eigenvalue weighted by Gasteiger charge is -2.14. The summed E-state index contributed by atoms with van der Waals surface area (Å²) >= 11 is 0. The van der Waals surface area contributed by atoms with Gasteiger partial charge in [0.15, 0.2) is 0 Å². The second-order valence-corrected chi connectivity index (χ2v) is 5.94. The number of ketones is 1. The van der Waals surface area contributed by atoms with Gasteiger partial charge in [-0.2, -0.15) is 0 Å². The minimum absolute atomic E-state index is 0.0158. The van der Waals surface area contributed by atoms with Crippen molar-refractivity contribution in [2.24, 2.45) is 17.6 Å². The van der Waals surface area contributed by atoms with Gasteiger partial charge in [-0.3, -0.25) is 4.79 Å².